The highest BCUT2D eigenvalue weighted by molar-refractivity contribution is 6.03. The van der Waals surface area contributed by atoms with Crippen molar-refractivity contribution >= 4 is 24.0 Å². The fraction of sp³-hybridized carbons (Fsp3) is 0.412. The first-order valence-corrected chi connectivity index (χ1v) is 7.90. The van der Waals surface area contributed by atoms with Crippen LogP contribution in [-0.2, 0) is 12.8 Å². The summed E-state index contributed by atoms with van der Waals surface area (Å²) in [7, 11) is 0. The zero-order chi connectivity index (χ0) is 16.4. The van der Waals surface area contributed by atoms with Crippen molar-refractivity contribution in [3.8, 4) is 0 Å². The van der Waals surface area contributed by atoms with Gasteiger partial charge < -0.3 is 10.6 Å². The number of hydrogen-bond donors (Lipinski definition) is 3. The summed E-state index contributed by atoms with van der Waals surface area (Å²) in [4.78, 5) is 12.3. The highest BCUT2D eigenvalue weighted by Gasteiger charge is 2.29. The van der Waals surface area contributed by atoms with Gasteiger partial charge in [-0.25, -0.2) is 4.39 Å². The van der Waals surface area contributed by atoms with E-state index in [2.05, 4.69) is 20.8 Å². The zero-order valence-electron chi connectivity index (χ0n) is 13.7. The molecule has 1 aliphatic rings. The quantitative estimate of drug-likeness (QED) is 0.775. The lowest BCUT2D eigenvalue weighted by atomic mass is 9.96. The van der Waals surface area contributed by atoms with Crippen molar-refractivity contribution in [1.29, 1.82) is 0 Å². The summed E-state index contributed by atoms with van der Waals surface area (Å²) < 4.78 is 13.2. The molecule has 0 bridgehead atoms. The van der Waals surface area contributed by atoms with Gasteiger partial charge in [-0.3, -0.25) is 9.89 Å². The molecule has 0 spiro atoms. The highest BCUT2D eigenvalue weighted by atomic mass is 35.5. The maximum Gasteiger partial charge on any atom is 0.276 e. The van der Waals surface area contributed by atoms with Crippen LogP contribution >= 0.6 is 12.4 Å². The number of halogens is 2. The van der Waals surface area contributed by atoms with E-state index >= 15 is 0 Å². The van der Waals surface area contributed by atoms with E-state index in [1.807, 2.05) is 38.1 Å². The highest BCUT2D eigenvalue weighted by Crippen LogP contribution is 2.18. The van der Waals surface area contributed by atoms with Crippen LogP contribution in [0, 0.1) is 6.92 Å². The van der Waals surface area contributed by atoms with Crippen LogP contribution in [0.5, 0.6) is 0 Å². The van der Waals surface area contributed by atoms with Gasteiger partial charge in [-0.2, -0.15) is 5.10 Å². The minimum absolute atomic E-state index is 0. The number of carbonyl (C=O) groups excluding carboxylic acids is 1. The Morgan fingerprint density at radius 1 is 1.38 bits per heavy atom. The molecule has 130 valence electrons. The number of amides is 1. The number of nitrogens with zero attached hydrogens (tertiary/aromatic N) is 1. The molecule has 1 aromatic heterocycles. The van der Waals surface area contributed by atoms with E-state index < -0.39 is 6.17 Å². The van der Waals surface area contributed by atoms with E-state index in [0.29, 0.717) is 24.3 Å². The third kappa shape index (κ3) is 3.76. The number of alkyl halides is 1. The van der Waals surface area contributed by atoms with E-state index in [-0.39, 0.29) is 24.4 Å². The molecule has 1 saturated heterocycles. The molecule has 2 aromatic rings. The zero-order valence-corrected chi connectivity index (χ0v) is 14.5. The molecule has 1 aliphatic heterocycles. The van der Waals surface area contributed by atoms with Gasteiger partial charge in [0.15, 0.2) is 5.69 Å². The summed E-state index contributed by atoms with van der Waals surface area (Å²) in [5.41, 5.74) is 4.03. The molecule has 24 heavy (non-hydrogen) atoms. The molecule has 0 unspecified atom stereocenters. The first kappa shape index (κ1) is 18.4. The van der Waals surface area contributed by atoms with Gasteiger partial charge in [0.25, 0.3) is 5.91 Å². The van der Waals surface area contributed by atoms with Crippen LogP contribution in [-0.4, -0.2) is 34.9 Å². The van der Waals surface area contributed by atoms with Gasteiger partial charge >= 0.3 is 0 Å². The van der Waals surface area contributed by atoms with Gasteiger partial charge in [-0.1, -0.05) is 19.1 Å². The predicted molar refractivity (Wildman–Crippen MR) is 94.7 cm³/mol. The average Bonchev–Trinajstić information content (AvgIpc) is 2.93. The van der Waals surface area contributed by atoms with Gasteiger partial charge in [0.1, 0.15) is 6.17 Å². The minimum atomic E-state index is -0.759. The second-order valence-corrected chi connectivity index (χ2v) is 5.92. The second kappa shape index (κ2) is 7.77. The Bertz CT molecular complexity index is 701. The van der Waals surface area contributed by atoms with E-state index in [9.17, 15) is 9.18 Å². The third-order valence-electron chi connectivity index (χ3n) is 4.36. The number of benzene rings is 1. The van der Waals surface area contributed by atoms with Crippen LogP contribution in [0.3, 0.4) is 0 Å². The Hall–Kier alpha value is -1.92. The van der Waals surface area contributed by atoms with Crippen LogP contribution in [0.1, 0.15) is 34.2 Å². The average molecular weight is 353 g/mol. The lowest BCUT2D eigenvalue weighted by Gasteiger charge is -2.32. The standard InChI is InChI=1S/C17H21FN4O.ClH/c1-3-14-10(2)16(22-21-14)17(23)20-12-6-4-11(5-7-12)8-15-13(18)9-19-15;/h4-7,13,15,19H,3,8-9H2,1-2H3,(H,20,23)(H,21,22);1H/t13-,15-;/m0./s1. The Morgan fingerprint density at radius 2 is 2.08 bits per heavy atom. The first-order valence-electron chi connectivity index (χ1n) is 7.90. The van der Waals surface area contributed by atoms with Crippen molar-refractivity contribution in [1.82, 2.24) is 15.5 Å². The maximum atomic E-state index is 13.2. The fourth-order valence-corrected chi connectivity index (χ4v) is 2.74. The summed E-state index contributed by atoms with van der Waals surface area (Å²) in [5, 5.41) is 12.9. The number of nitrogens with one attached hydrogen (secondary N) is 3. The van der Waals surface area contributed by atoms with Crippen molar-refractivity contribution < 1.29 is 9.18 Å². The number of carbonyl (C=O) groups is 1. The first-order chi connectivity index (χ1) is 11.1. The fourth-order valence-electron chi connectivity index (χ4n) is 2.74. The normalized spacial score (nSPS) is 19.3. The van der Waals surface area contributed by atoms with Gasteiger partial charge in [0, 0.05) is 29.5 Å². The van der Waals surface area contributed by atoms with Crippen LogP contribution in [0.4, 0.5) is 10.1 Å². The SMILES string of the molecule is CCc1[nH]nc(C(=O)Nc2ccc(C[C@@H]3NC[C@@H]3F)cc2)c1C.Cl. The monoisotopic (exact) mass is 352 g/mol. The summed E-state index contributed by atoms with van der Waals surface area (Å²) in [6.45, 7) is 4.35. The van der Waals surface area contributed by atoms with Crippen LogP contribution in [0.25, 0.3) is 0 Å². The molecule has 0 radical (unpaired) electrons. The molecular weight excluding hydrogens is 331 g/mol. The molecule has 1 fully saturated rings. The van der Waals surface area contributed by atoms with Crippen LogP contribution < -0.4 is 10.6 Å². The lowest BCUT2D eigenvalue weighted by molar-refractivity contribution is 0.102. The van der Waals surface area contributed by atoms with Crippen molar-refractivity contribution in [3.63, 3.8) is 0 Å². The Kier molecular flexibility index (Phi) is 5.96. The Labute approximate surface area is 146 Å². The number of H-pyrrole nitrogens is 1. The predicted octanol–water partition coefficient (Wildman–Crippen LogP) is 2.81. The van der Waals surface area contributed by atoms with E-state index in [0.717, 1.165) is 23.2 Å². The Balaban J connectivity index is 0.00000208. The van der Waals surface area contributed by atoms with Crippen molar-refractivity contribution in [3.05, 3.63) is 46.8 Å². The van der Waals surface area contributed by atoms with E-state index in [4.69, 9.17) is 0 Å². The lowest BCUT2D eigenvalue weighted by Crippen LogP contribution is -2.55. The van der Waals surface area contributed by atoms with Crippen molar-refractivity contribution in [2.75, 3.05) is 11.9 Å². The van der Waals surface area contributed by atoms with Crippen molar-refractivity contribution in [2.45, 2.75) is 38.9 Å². The summed E-state index contributed by atoms with van der Waals surface area (Å²) in [6, 6.07) is 7.41. The number of hydrogen-bond acceptors (Lipinski definition) is 3. The number of aryl methyl sites for hydroxylation is 1. The molecule has 7 heteroatoms. The molecule has 0 aliphatic carbocycles. The molecule has 5 nitrogen and oxygen atoms in total. The molecule has 2 heterocycles. The van der Waals surface area contributed by atoms with Crippen molar-refractivity contribution in [2.24, 2.45) is 0 Å². The summed E-state index contributed by atoms with van der Waals surface area (Å²) >= 11 is 0. The smallest absolute Gasteiger partial charge is 0.276 e. The molecule has 2 atom stereocenters. The molecule has 3 N–H and O–H groups in total. The number of aromatic amines is 1. The van der Waals surface area contributed by atoms with Crippen LogP contribution in [0.15, 0.2) is 24.3 Å². The largest absolute Gasteiger partial charge is 0.321 e. The Morgan fingerprint density at radius 3 is 2.58 bits per heavy atom. The maximum absolute atomic E-state index is 13.2. The minimum Gasteiger partial charge on any atom is -0.321 e. The number of anilines is 1. The molecular formula is C17H22ClFN4O. The van der Waals surface area contributed by atoms with Gasteiger partial charge in [-0.15, -0.1) is 12.4 Å². The molecule has 3 rings (SSSR count). The van der Waals surface area contributed by atoms with E-state index in [1.54, 1.807) is 0 Å². The summed E-state index contributed by atoms with van der Waals surface area (Å²) in [5.74, 6) is -0.226. The summed E-state index contributed by atoms with van der Waals surface area (Å²) in [6.07, 6.45) is 0.712. The van der Waals surface area contributed by atoms with Crippen LogP contribution in [0.2, 0.25) is 0 Å². The van der Waals surface area contributed by atoms with Gasteiger partial charge in [-0.05, 0) is 37.5 Å². The third-order valence-corrected chi connectivity index (χ3v) is 4.36. The second-order valence-electron chi connectivity index (χ2n) is 5.92. The number of aromatic nitrogens is 2. The molecule has 1 amide bonds. The van der Waals surface area contributed by atoms with Gasteiger partial charge in [0.05, 0.1) is 0 Å². The number of rotatable bonds is 5. The van der Waals surface area contributed by atoms with E-state index in [1.165, 1.54) is 0 Å². The molecule has 0 saturated carbocycles. The van der Waals surface area contributed by atoms with Gasteiger partial charge in [0.2, 0.25) is 0 Å². The molecule has 1 aromatic carbocycles. The topological polar surface area (TPSA) is 69.8 Å².